The minimum Gasteiger partial charge on any atom is -0.381 e. The molecule has 0 saturated carbocycles. The first-order valence-corrected chi connectivity index (χ1v) is 8.11. The summed E-state index contributed by atoms with van der Waals surface area (Å²) in [6.07, 6.45) is 3.99. The summed E-state index contributed by atoms with van der Waals surface area (Å²) in [5.74, 6) is 1.52. The van der Waals surface area contributed by atoms with Crippen molar-refractivity contribution in [1.29, 1.82) is 0 Å². The highest BCUT2D eigenvalue weighted by Gasteiger charge is 2.21. The van der Waals surface area contributed by atoms with Crippen LogP contribution in [0.2, 0.25) is 5.02 Å². The second-order valence-electron chi connectivity index (χ2n) is 6.13. The second-order valence-corrected chi connectivity index (χ2v) is 6.54. The summed E-state index contributed by atoms with van der Waals surface area (Å²) in [5.41, 5.74) is 1.13. The van der Waals surface area contributed by atoms with Gasteiger partial charge in [-0.1, -0.05) is 25.4 Å². The molecule has 1 saturated heterocycles. The molecule has 0 bridgehead atoms. The number of rotatable bonds is 6. The number of ether oxygens (including phenoxy) is 1. The Morgan fingerprint density at radius 2 is 2.14 bits per heavy atom. The van der Waals surface area contributed by atoms with Crippen LogP contribution in [-0.4, -0.2) is 37.8 Å². The minimum atomic E-state index is 0.466. The predicted octanol–water partition coefficient (Wildman–Crippen LogP) is 3.10. The maximum atomic E-state index is 6.42. The number of pyridine rings is 1. The van der Waals surface area contributed by atoms with Crippen molar-refractivity contribution < 1.29 is 4.74 Å². The van der Waals surface area contributed by atoms with E-state index in [1.165, 1.54) is 0 Å². The van der Waals surface area contributed by atoms with Crippen molar-refractivity contribution in [3.8, 4) is 0 Å². The van der Waals surface area contributed by atoms with Gasteiger partial charge in [0, 0.05) is 39.0 Å². The average molecular weight is 312 g/mol. The van der Waals surface area contributed by atoms with Crippen LogP contribution in [0.3, 0.4) is 0 Å². The van der Waals surface area contributed by atoms with Crippen LogP contribution in [-0.2, 0) is 11.3 Å². The van der Waals surface area contributed by atoms with Gasteiger partial charge in [0.2, 0.25) is 0 Å². The van der Waals surface area contributed by atoms with Crippen LogP contribution in [0.1, 0.15) is 32.3 Å². The van der Waals surface area contributed by atoms with Gasteiger partial charge in [0.05, 0.1) is 5.02 Å². The highest BCUT2D eigenvalue weighted by Crippen LogP contribution is 2.27. The van der Waals surface area contributed by atoms with Crippen LogP contribution < -0.4 is 10.2 Å². The highest BCUT2D eigenvalue weighted by molar-refractivity contribution is 6.33. The molecule has 0 aromatic carbocycles. The molecule has 5 heteroatoms. The first-order valence-electron chi connectivity index (χ1n) is 7.73. The average Bonchev–Trinajstić information content (AvgIpc) is 2.47. The smallest absolute Gasteiger partial charge is 0.147 e. The van der Waals surface area contributed by atoms with E-state index in [-0.39, 0.29) is 0 Å². The third kappa shape index (κ3) is 4.83. The summed E-state index contributed by atoms with van der Waals surface area (Å²) >= 11 is 6.42. The summed E-state index contributed by atoms with van der Waals surface area (Å²) in [4.78, 5) is 6.75. The van der Waals surface area contributed by atoms with Crippen molar-refractivity contribution in [2.75, 3.05) is 31.7 Å². The fourth-order valence-corrected chi connectivity index (χ4v) is 2.90. The molecule has 118 valence electrons. The number of nitrogens with zero attached hydrogens (tertiary/aromatic N) is 2. The number of anilines is 1. The molecule has 0 radical (unpaired) electrons. The summed E-state index contributed by atoms with van der Waals surface area (Å²) < 4.78 is 5.41. The van der Waals surface area contributed by atoms with Gasteiger partial charge in [0.25, 0.3) is 0 Å². The zero-order valence-corrected chi connectivity index (χ0v) is 14.0. The number of halogens is 1. The third-order valence-electron chi connectivity index (χ3n) is 3.83. The lowest BCUT2D eigenvalue weighted by molar-refractivity contribution is 0.0853. The van der Waals surface area contributed by atoms with E-state index in [4.69, 9.17) is 16.3 Å². The van der Waals surface area contributed by atoms with Crippen LogP contribution >= 0.6 is 11.6 Å². The van der Waals surface area contributed by atoms with E-state index in [1.807, 2.05) is 12.3 Å². The molecule has 2 heterocycles. The molecule has 0 amide bonds. The standard InChI is InChI=1S/C16H26ClN3O/c1-12(2)9-18-10-13-8-15(17)16(19-11-13)20(3)14-4-6-21-7-5-14/h8,11-12,14,18H,4-7,9-10H2,1-3H3. The predicted molar refractivity (Wildman–Crippen MR) is 88.0 cm³/mol. The fourth-order valence-electron chi connectivity index (χ4n) is 2.58. The van der Waals surface area contributed by atoms with Crippen LogP contribution in [0, 0.1) is 5.92 Å². The van der Waals surface area contributed by atoms with E-state index in [0.717, 1.165) is 55.5 Å². The van der Waals surface area contributed by atoms with E-state index < -0.39 is 0 Å². The SMILES string of the molecule is CC(C)CNCc1cnc(N(C)C2CCOCC2)c(Cl)c1. The molecular weight excluding hydrogens is 286 g/mol. The van der Waals surface area contributed by atoms with Gasteiger partial charge in [0.1, 0.15) is 5.82 Å². The maximum absolute atomic E-state index is 6.42. The van der Waals surface area contributed by atoms with Crippen LogP contribution in [0.4, 0.5) is 5.82 Å². The van der Waals surface area contributed by atoms with Gasteiger partial charge in [-0.05, 0) is 36.9 Å². The lowest BCUT2D eigenvalue weighted by atomic mass is 10.1. The molecule has 4 nitrogen and oxygen atoms in total. The maximum Gasteiger partial charge on any atom is 0.147 e. The summed E-state index contributed by atoms with van der Waals surface area (Å²) in [6.45, 7) is 7.86. The first kappa shape index (κ1) is 16.5. The fraction of sp³-hybridized carbons (Fsp3) is 0.688. The highest BCUT2D eigenvalue weighted by atomic mass is 35.5. The van der Waals surface area contributed by atoms with Crippen molar-refractivity contribution in [3.05, 3.63) is 22.8 Å². The van der Waals surface area contributed by atoms with E-state index in [9.17, 15) is 0 Å². The molecule has 1 aliphatic heterocycles. The van der Waals surface area contributed by atoms with Crippen LogP contribution in [0.5, 0.6) is 0 Å². The van der Waals surface area contributed by atoms with Crippen molar-refractivity contribution >= 4 is 17.4 Å². The van der Waals surface area contributed by atoms with Gasteiger partial charge in [-0.25, -0.2) is 4.98 Å². The van der Waals surface area contributed by atoms with Gasteiger partial charge in [-0.3, -0.25) is 0 Å². The molecule has 1 aromatic heterocycles. The molecule has 0 unspecified atom stereocenters. The van der Waals surface area contributed by atoms with Crippen molar-refractivity contribution in [2.24, 2.45) is 5.92 Å². The Balaban J connectivity index is 1.97. The quantitative estimate of drug-likeness (QED) is 0.876. The number of aromatic nitrogens is 1. The Labute approximate surface area is 132 Å². The molecular formula is C16H26ClN3O. The van der Waals surface area contributed by atoms with Gasteiger partial charge < -0.3 is 15.0 Å². The van der Waals surface area contributed by atoms with E-state index in [0.29, 0.717) is 12.0 Å². The summed E-state index contributed by atoms with van der Waals surface area (Å²) in [7, 11) is 2.07. The Morgan fingerprint density at radius 1 is 1.43 bits per heavy atom. The van der Waals surface area contributed by atoms with E-state index in [1.54, 1.807) is 0 Å². The Bertz CT molecular complexity index is 447. The van der Waals surface area contributed by atoms with Crippen molar-refractivity contribution in [3.63, 3.8) is 0 Å². The molecule has 1 aromatic rings. The number of hydrogen-bond donors (Lipinski definition) is 1. The zero-order valence-electron chi connectivity index (χ0n) is 13.2. The lowest BCUT2D eigenvalue weighted by Gasteiger charge is -2.32. The van der Waals surface area contributed by atoms with Gasteiger partial charge in [-0.2, -0.15) is 0 Å². The van der Waals surface area contributed by atoms with E-state index in [2.05, 4.69) is 36.1 Å². The van der Waals surface area contributed by atoms with Crippen LogP contribution in [0.15, 0.2) is 12.3 Å². The molecule has 0 aliphatic carbocycles. The van der Waals surface area contributed by atoms with Gasteiger partial charge in [-0.15, -0.1) is 0 Å². The molecule has 2 rings (SSSR count). The molecule has 0 atom stereocenters. The minimum absolute atomic E-state index is 0.466. The topological polar surface area (TPSA) is 37.4 Å². The largest absolute Gasteiger partial charge is 0.381 e. The molecule has 1 aliphatic rings. The Kier molecular flexibility index (Phi) is 6.27. The first-order chi connectivity index (χ1) is 10.1. The number of nitrogens with one attached hydrogen (secondary N) is 1. The molecule has 21 heavy (non-hydrogen) atoms. The molecule has 0 spiro atoms. The van der Waals surface area contributed by atoms with Crippen LogP contribution in [0.25, 0.3) is 0 Å². The lowest BCUT2D eigenvalue weighted by Crippen LogP contribution is -2.37. The van der Waals surface area contributed by atoms with Gasteiger partial charge in [0.15, 0.2) is 0 Å². The van der Waals surface area contributed by atoms with E-state index >= 15 is 0 Å². The van der Waals surface area contributed by atoms with Gasteiger partial charge >= 0.3 is 0 Å². The Hall–Kier alpha value is -0.840. The second kappa shape index (κ2) is 7.97. The van der Waals surface area contributed by atoms with Crippen molar-refractivity contribution in [2.45, 2.75) is 39.3 Å². The normalized spacial score (nSPS) is 16.4. The molecule has 1 fully saturated rings. The summed E-state index contributed by atoms with van der Waals surface area (Å²) in [6, 6.07) is 2.49. The number of hydrogen-bond acceptors (Lipinski definition) is 4. The third-order valence-corrected chi connectivity index (χ3v) is 4.11. The molecule has 1 N–H and O–H groups in total. The zero-order chi connectivity index (χ0) is 15.2. The summed E-state index contributed by atoms with van der Waals surface area (Å²) in [5, 5.41) is 4.14. The monoisotopic (exact) mass is 311 g/mol. The van der Waals surface area contributed by atoms with Crippen molar-refractivity contribution in [1.82, 2.24) is 10.3 Å². The Morgan fingerprint density at radius 3 is 2.76 bits per heavy atom.